The summed E-state index contributed by atoms with van der Waals surface area (Å²) in [7, 11) is 0. The number of ketones is 1. The van der Waals surface area contributed by atoms with Crippen molar-refractivity contribution in [3.63, 3.8) is 0 Å². The fourth-order valence-electron chi connectivity index (χ4n) is 8.60. The summed E-state index contributed by atoms with van der Waals surface area (Å²) in [5.41, 5.74) is 8.23. The minimum absolute atomic E-state index is 0. The number of pyridine rings is 1. The molecule has 1 N–H and O–H groups in total. The van der Waals surface area contributed by atoms with E-state index in [0.717, 1.165) is 11.2 Å². The van der Waals surface area contributed by atoms with E-state index in [1.54, 1.807) is 0 Å². The van der Waals surface area contributed by atoms with Crippen LogP contribution < -0.4 is 0 Å². The molecule has 0 saturated carbocycles. The zero-order valence-corrected chi connectivity index (χ0v) is 37.7. The van der Waals surface area contributed by atoms with E-state index in [4.69, 9.17) is 4.98 Å². The molecule has 287 valence electrons. The Labute approximate surface area is 338 Å². The molecule has 2 atom stereocenters. The number of aromatic nitrogens is 1. The third-order valence-electron chi connectivity index (χ3n) is 13.4. The average molecular weight is 909 g/mol. The predicted octanol–water partition coefficient (Wildman–Crippen LogP) is 13.7. The number of hydrogen-bond donors (Lipinski definition) is 1. The first kappa shape index (κ1) is 43.0. The second-order valence-electron chi connectivity index (χ2n) is 17.8. The largest absolute Gasteiger partial charge is 0.512 e. The van der Waals surface area contributed by atoms with Crippen molar-refractivity contribution >= 4 is 28.4 Å². The number of fused-ring (bicyclic) bond motifs is 6. The maximum atomic E-state index is 12.8. The van der Waals surface area contributed by atoms with Crippen LogP contribution in [-0.4, -0.2) is 15.9 Å². The predicted molar refractivity (Wildman–Crippen MR) is 222 cm³/mol. The van der Waals surface area contributed by atoms with Gasteiger partial charge in [-0.05, 0) is 75.4 Å². The number of carbonyl (C=O) groups is 1. The van der Waals surface area contributed by atoms with Crippen molar-refractivity contribution in [3.05, 3.63) is 107 Å². The summed E-state index contributed by atoms with van der Waals surface area (Å²) < 4.78 is 0. The Bertz CT molecular complexity index is 1950. The Hall–Kier alpha value is -2.72. The second-order valence-corrected chi connectivity index (χ2v) is 19.0. The number of hydrogen-bond acceptors (Lipinski definition) is 4. The van der Waals surface area contributed by atoms with Crippen LogP contribution in [0.4, 0.5) is 0 Å². The molecule has 1 aromatic heterocycles. The van der Waals surface area contributed by atoms with Gasteiger partial charge < -0.3 is 5.11 Å². The number of aliphatic hydroxyl groups excluding tert-OH is 1. The van der Waals surface area contributed by atoms with E-state index in [-0.39, 0.29) is 66.1 Å². The number of benzene rings is 3. The van der Waals surface area contributed by atoms with Crippen LogP contribution in [0.15, 0.2) is 83.5 Å². The van der Waals surface area contributed by atoms with Crippen molar-refractivity contribution in [3.8, 4) is 11.3 Å². The van der Waals surface area contributed by atoms with Crippen molar-refractivity contribution < 1.29 is 30.0 Å². The number of rotatable bonds is 9. The van der Waals surface area contributed by atoms with Gasteiger partial charge in [-0.2, -0.15) is 0 Å². The first-order chi connectivity index (χ1) is 24.3. The van der Waals surface area contributed by atoms with Crippen LogP contribution in [0.3, 0.4) is 0 Å². The van der Waals surface area contributed by atoms with Crippen LogP contribution in [0.2, 0.25) is 0 Å². The third kappa shape index (κ3) is 7.61. The van der Waals surface area contributed by atoms with Gasteiger partial charge in [-0.3, -0.25) is 9.78 Å². The molecule has 1 aliphatic carbocycles. The van der Waals surface area contributed by atoms with E-state index < -0.39 is 5.41 Å². The van der Waals surface area contributed by atoms with Gasteiger partial charge in [0.25, 0.3) is 0 Å². The number of thioether (sulfide) groups is 1. The molecule has 6 rings (SSSR count). The van der Waals surface area contributed by atoms with E-state index in [2.05, 4.69) is 156 Å². The van der Waals surface area contributed by atoms with E-state index in [1.807, 2.05) is 25.6 Å². The molecule has 5 heteroatoms. The summed E-state index contributed by atoms with van der Waals surface area (Å²) in [4.78, 5) is 19.3. The quantitative estimate of drug-likeness (QED) is 0.103. The Balaban J connectivity index is 0.000000253. The minimum atomic E-state index is -0.442. The standard InChI is InChI=1S/C29H26NS.C19H36O2.Ir/c1-17(2)18-12-14-23-19(16-18)13-15-24(30-23)20-9-7-10-22-26(20)29(3,4)27-21-8-5-6-11-25(21)31-28(22)27;1-12(2)18(9,13(3)4)16(20)11-17(21)19(10,14(5)6)15(7)8;/h5-8,10-17,27-28H,1-4H3;11-15,20H,1-10H3;/q-1;;/b;16-11-;. The zero-order chi connectivity index (χ0) is 38.5. The van der Waals surface area contributed by atoms with Crippen LogP contribution in [-0.2, 0) is 30.3 Å². The first-order valence-electron chi connectivity index (χ1n) is 19.4. The molecule has 3 aromatic carbocycles. The van der Waals surface area contributed by atoms with Crippen molar-refractivity contribution in [2.75, 3.05) is 0 Å². The van der Waals surface area contributed by atoms with Crippen LogP contribution in [0.25, 0.3) is 22.2 Å². The minimum Gasteiger partial charge on any atom is -0.512 e. The molecule has 2 aliphatic rings. The SMILES string of the molecule is CC(C)C(C)(C(=O)/C=C(\O)C(C)(C(C)C)C(C)C)C(C)C.CC(C)c1ccc2nc(-c3[c-]ccc4c3C(C)(C)C3c5ccccc5SC43)ccc2c1.[Ir]. The van der Waals surface area contributed by atoms with Gasteiger partial charge in [-0.1, -0.05) is 133 Å². The first-order valence-corrected chi connectivity index (χ1v) is 20.3. The third-order valence-corrected chi connectivity index (χ3v) is 14.8. The van der Waals surface area contributed by atoms with Crippen LogP contribution in [0.5, 0.6) is 0 Å². The van der Waals surface area contributed by atoms with Crippen LogP contribution in [0.1, 0.15) is 136 Å². The van der Waals surface area contributed by atoms with Crippen LogP contribution in [0, 0.1) is 40.6 Å². The average Bonchev–Trinajstić information content (AvgIpc) is 3.60. The molecule has 3 nitrogen and oxygen atoms in total. The fourth-order valence-corrected chi connectivity index (χ4v) is 10.3. The molecular weight excluding hydrogens is 847 g/mol. The maximum Gasteiger partial charge on any atom is 0.165 e. The Morgan fingerprint density at radius 1 is 0.830 bits per heavy atom. The van der Waals surface area contributed by atoms with Gasteiger partial charge in [0.1, 0.15) is 5.76 Å². The van der Waals surface area contributed by atoms with Crippen molar-refractivity contribution in [1.82, 2.24) is 4.98 Å². The second kappa shape index (κ2) is 16.2. The molecule has 0 fully saturated rings. The zero-order valence-electron chi connectivity index (χ0n) is 34.5. The van der Waals surface area contributed by atoms with Gasteiger partial charge in [0.15, 0.2) is 5.78 Å². The molecule has 53 heavy (non-hydrogen) atoms. The van der Waals surface area contributed by atoms with Gasteiger partial charge in [0, 0.05) is 53.1 Å². The Morgan fingerprint density at radius 3 is 2.02 bits per heavy atom. The fraction of sp³-hybridized carbons (Fsp3) is 0.500. The van der Waals surface area contributed by atoms with Crippen LogP contribution >= 0.6 is 11.8 Å². The molecule has 2 heterocycles. The topological polar surface area (TPSA) is 50.2 Å². The summed E-state index contributed by atoms with van der Waals surface area (Å²) in [5, 5.41) is 12.3. The number of carbonyl (C=O) groups excluding carboxylic acids is 1. The van der Waals surface area contributed by atoms with Crippen molar-refractivity contribution in [2.24, 2.45) is 34.5 Å². The summed E-state index contributed by atoms with van der Waals surface area (Å²) in [6.07, 6.45) is 1.50. The van der Waals surface area contributed by atoms with E-state index >= 15 is 0 Å². The number of nitrogens with zero attached hydrogens (tertiary/aromatic N) is 1. The molecular formula is C48H62IrNO2S-. The normalized spacial score (nSPS) is 17.9. The van der Waals surface area contributed by atoms with Gasteiger partial charge in [-0.25, -0.2) is 0 Å². The van der Waals surface area contributed by atoms with E-state index in [9.17, 15) is 9.90 Å². The maximum absolute atomic E-state index is 12.8. The summed E-state index contributed by atoms with van der Waals surface area (Å²) in [6, 6.07) is 28.0. The smallest absolute Gasteiger partial charge is 0.165 e. The van der Waals surface area contributed by atoms with E-state index in [0.29, 0.717) is 17.1 Å². The van der Waals surface area contributed by atoms with Gasteiger partial charge >= 0.3 is 0 Å². The molecule has 1 radical (unpaired) electrons. The number of allylic oxidation sites excluding steroid dienone is 2. The van der Waals surface area contributed by atoms with Gasteiger partial charge in [0.05, 0.1) is 5.52 Å². The van der Waals surface area contributed by atoms with Gasteiger partial charge in [-0.15, -0.1) is 46.7 Å². The van der Waals surface area contributed by atoms with Crippen molar-refractivity contribution in [1.29, 1.82) is 0 Å². The molecule has 0 amide bonds. The Morgan fingerprint density at radius 2 is 1.43 bits per heavy atom. The molecule has 0 spiro atoms. The monoisotopic (exact) mass is 909 g/mol. The Kier molecular flexibility index (Phi) is 13.1. The molecule has 2 unspecified atom stereocenters. The van der Waals surface area contributed by atoms with E-state index in [1.165, 1.54) is 44.2 Å². The van der Waals surface area contributed by atoms with Gasteiger partial charge in [0.2, 0.25) is 0 Å². The molecule has 4 aromatic rings. The molecule has 0 bridgehead atoms. The summed E-state index contributed by atoms with van der Waals surface area (Å²) >= 11 is 2.03. The molecule has 1 aliphatic heterocycles. The summed E-state index contributed by atoms with van der Waals surface area (Å²) in [6.45, 7) is 30.0. The summed E-state index contributed by atoms with van der Waals surface area (Å²) in [5.74, 6) is 2.29. The number of aliphatic hydroxyl groups is 1. The molecule has 0 saturated heterocycles. The van der Waals surface area contributed by atoms with Crippen molar-refractivity contribution in [2.45, 2.75) is 124 Å².